The lowest BCUT2D eigenvalue weighted by atomic mass is 10.0. The molecule has 26 heavy (non-hydrogen) atoms. The van der Waals surface area contributed by atoms with Gasteiger partial charge in [-0.15, -0.1) is 13.2 Å². The van der Waals surface area contributed by atoms with Gasteiger partial charge in [-0.1, -0.05) is 12.1 Å². The monoisotopic (exact) mass is 394 g/mol. The van der Waals surface area contributed by atoms with E-state index in [1.165, 1.54) is 12.1 Å². The largest absolute Gasteiger partial charge is 0.573 e. The van der Waals surface area contributed by atoms with Crippen LogP contribution < -0.4 is 4.74 Å². The molecule has 0 saturated carbocycles. The molecule has 2 fully saturated rings. The fourth-order valence-electron chi connectivity index (χ4n) is 2.66. The fourth-order valence-corrected chi connectivity index (χ4v) is 4.37. The second-order valence-corrected chi connectivity index (χ2v) is 7.65. The Labute approximate surface area is 146 Å². The molecule has 0 unspecified atom stereocenters. The molecule has 2 aliphatic heterocycles. The van der Waals surface area contributed by atoms with Crippen LogP contribution in [-0.4, -0.2) is 62.2 Å². The molecule has 1 aromatic carbocycles. The summed E-state index contributed by atoms with van der Waals surface area (Å²) in [4.78, 5) is 23.1. The van der Waals surface area contributed by atoms with E-state index in [1.54, 1.807) is 0 Å². The number of rotatable bonds is 5. The van der Waals surface area contributed by atoms with Crippen molar-refractivity contribution >= 4 is 22.0 Å². The summed E-state index contributed by atoms with van der Waals surface area (Å²) < 4.78 is 71.7. The normalized spacial score (nSPS) is 19.4. The maximum Gasteiger partial charge on any atom is 0.573 e. The van der Waals surface area contributed by atoms with Crippen LogP contribution in [0.4, 0.5) is 18.0 Å². The lowest BCUT2D eigenvalue weighted by Gasteiger charge is -2.39. The Kier molecular flexibility index (Phi) is 4.56. The molecule has 2 aliphatic rings. The number of amides is 2. The summed E-state index contributed by atoms with van der Waals surface area (Å²) in [5, 5.41) is 0. The Morgan fingerprint density at radius 1 is 1.19 bits per heavy atom. The number of sulfonamides is 1. The molecule has 0 aliphatic carbocycles. The summed E-state index contributed by atoms with van der Waals surface area (Å²) >= 11 is 0. The average molecular weight is 394 g/mol. The number of para-hydroxylation sites is 1. The highest BCUT2D eigenvalue weighted by Crippen LogP contribution is 2.34. The summed E-state index contributed by atoms with van der Waals surface area (Å²) in [6, 6.07) is 4.44. The number of cyclic esters (lactones) is 1. The van der Waals surface area contributed by atoms with Crippen molar-refractivity contribution < 1.29 is 40.7 Å². The maximum atomic E-state index is 12.5. The molecule has 2 heterocycles. The number of carbonyl (C=O) groups is 2. The minimum absolute atomic E-state index is 0.00954. The number of carbonyl (C=O) groups excluding carboxylic acids is 2. The molecular formula is C14H13F3N2O6S. The predicted molar refractivity (Wildman–Crippen MR) is 78.4 cm³/mol. The van der Waals surface area contributed by atoms with Gasteiger partial charge in [-0.3, -0.25) is 4.79 Å². The first-order chi connectivity index (χ1) is 12.1. The summed E-state index contributed by atoms with van der Waals surface area (Å²) in [5.41, 5.74) is 0. The van der Waals surface area contributed by atoms with Crippen LogP contribution in [0.3, 0.4) is 0 Å². The summed E-state index contributed by atoms with van der Waals surface area (Å²) in [6.07, 6.45) is -5.82. The van der Waals surface area contributed by atoms with Crippen molar-refractivity contribution in [2.75, 3.05) is 26.2 Å². The summed E-state index contributed by atoms with van der Waals surface area (Å²) in [5.74, 6) is -1.66. The second kappa shape index (κ2) is 6.43. The number of imide groups is 1. The third-order valence-electron chi connectivity index (χ3n) is 3.90. The van der Waals surface area contributed by atoms with Gasteiger partial charge in [-0.25, -0.2) is 18.1 Å². The Balaban J connectivity index is 1.69. The third-order valence-corrected chi connectivity index (χ3v) is 5.77. The number of benzene rings is 1. The topological polar surface area (TPSA) is 93.2 Å². The molecule has 1 aromatic rings. The zero-order valence-electron chi connectivity index (χ0n) is 13.1. The van der Waals surface area contributed by atoms with Gasteiger partial charge in [0.2, 0.25) is 10.0 Å². The van der Waals surface area contributed by atoms with Crippen LogP contribution in [0.25, 0.3) is 0 Å². The molecule has 0 N–H and O–H groups in total. The smallest absolute Gasteiger partial charge is 0.439 e. The number of ether oxygens (including phenoxy) is 2. The minimum atomic E-state index is -5.03. The standard InChI is InChI=1S/C14H13F3N2O6S/c15-14(16,17)25-10-3-1-2-4-11(10)26(22,23)18-5-9(6-18)7-19-12(20)8-24-13(19)21/h1-4,9H,5-8H2. The number of hydrogen-bond acceptors (Lipinski definition) is 6. The summed E-state index contributed by atoms with van der Waals surface area (Å²) in [6.45, 7) is -0.445. The van der Waals surface area contributed by atoms with E-state index < -0.39 is 39.0 Å². The van der Waals surface area contributed by atoms with Crippen molar-refractivity contribution in [2.45, 2.75) is 11.3 Å². The quantitative estimate of drug-likeness (QED) is 0.745. The zero-order chi connectivity index (χ0) is 19.1. The number of alkyl halides is 3. The number of nitrogens with zero attached hydrogens (tertiary/aromatic N) is 2. The van der Waals surface area contributed by atoms with Crippen LogP contribution >= 0.6 is 0 Å². The highest BCUT2D eigenvalue weighted by atomic mass is 32.2. The molecular weight excluding hydrogens is 381 g/mol. The van der Waals surface area contributed by atoms with Crippen molar-refractivity contribution in [2.24, 2.45) is 5.92 Å². The lowest BCUT2D eigenvalue weighted by Crippen LogP contribution is -2.54. The van der Waals surface area contributed by atoms with E-state index in [2.05, 4.69) is 9.47 Å². The molecule has 2 amide bonds. The Hall–Kier alpha value is -2.34. The molecule has 12 heteroatoms. The molecule has 8 nitrogen and oxygen atoms in total. The first-order valence-electron chi connectivity index (χ1n) is 7.40. The molecule has 3 rings (SSSR count). The molecule has 142 valence electrons. The van der Waals surface area contributed by atoms with Crippen LogP contribution in [0.5, 0.6) is 5.75 Å². The van der Waals surface area contributed by atoms with Crippen molar-refractivity contribution in [3.05, 3.63) is 24.3 Å². The van der Waals surface area contributed by atoms with Gasteiger partial charge in [-0.05, 0) is 12.1 Å². The van der Waals surface area contributed by atoms with Crippen molar-refractivity contribution in [1.82, 2.24) is 9.21 Å². The van der Waals surface area contributed by atoms with Gasteiger partial charge in [0.1, 0.15) is 10.6 Å². The Morgan fingerprint density at radius 2 is 1.85 bits per heavy atom. The second-order valence-electron chi connectivity index (χ2n) is 5.74. The van der Waals surface area contributed by atoms with E-state index >= 15 is 0 Å². The molecule has 0 aromatic heterocycles. The summed E-state index contributed by atoms with van der Waals surface area (Å²) in [7, 11) is -4.21. The first kappa shape index (κ1) is 18.5. The first-order valence-corrected chi connectivity index (χ1v) is 8.84. The predicted octanol–water partition coefficient (Wildman–Crippen LogP) is 1.18. The van der Waals surface area contributed by atoms with E-state index in [1.807, 2.05) is 0 Å². The third kappa shape index (κ3) is 3.60. The highest BCUT2D eigenvalue weighted by molar-refractivity contribution is 7.89. The van der Waals surface area contributed by atoms with Crippen molar-refractivity contribution in [3.8, 4) is 5.75 Å². The molecule has 0 bridgehead atoms. The van der Waals surface area contributed by atoms with Crippen molar-refractivity contribution in [3.63, 3.8) is 0 Å². The molecule has 2 saturated heterocycles. The number of halogens is 3. The van der Waals surface area contributed by atoms with Gasteiger partial charge < -0.3 is 9.47 Å². The van der Waals surface area contributed by atoms with Crippen LogP contribution in [-0.2, 0) is 19.6 Å². The van der Waals surface area contributed by atoms with Gasteiger partial charge in [-0.2, -0.15) is 4.31 Å². The van der Waals surface area contributed by atoms with Gasteiger partial charge in [0.15, 0.2) is 6.61 Å². The van der Waals surface area contributed by atoms with E-state index in [4.69, 9.17) is 0 Å². The van der Waals surface area contributed by atoms with Gasteiger partial charge in [0, 0.05) is 25.6 Å². The average Bonchev–Trinajstić information content (AvgIpc) is 2.80. The highest BCUT2D eigenvalue weighted by Gasteiger charge is 2.43. The molecule has 0 radical (unpaired) electrons. The van der Waals surface area contributed by atoms with Gasteiger partial charge in [0.25, 0.3) is 5.91 Å². The van der Waals surface area contributed by atoms with Gasteiger partial charge >= 0.3 is 12.5 Å². The van der Waals surface area contributed by atoms with E-state index in [0.717, 1.165) is 21.3 Å². The van der Waals surface area contributed by atoms with E-state index in [-0.39, 0.29) is 32.2 Å². The van der Waals surface area contributed by atoms with Crippen LogP contribution in [0.2, 0.25) is 0 Å². The minimum Gasteiger partial charge on any atom is -0.439 e. The Bertz CT molecular complexity index is 819. The zero-order valence-corrected chi connectivity index (χ0v) is 13.9. The number of hydrogen-bond donors (Lipinski definition) is 0. The molecule has 0 spiro atoms. The van der Waals surface area contributed by atoms with Crippen molar-refractivity contribution in [1.29, 1.82) is 0 Å². The van der Waals surface area contributed by atoms with E-state index in [9.17, 15) is 31.2 Å². The van der Waals surface area contributed by atoms with E-state index in [0.29, 0.717) is 0 Å². The Morgan fingerprint density at radius 3 is 2.42 bits per heavy atom. The molecule has 0 atom stereocenters. The SMILES string of the molecule is O=C1COC(=O)N1CC1CN(S(=O)(=O)c2ccccc2OC(F)(F)F)C1. The van der Waals surface area contributed by atoms with Crippen LogP contribution in [0.1, 0.15) is 0 Å². The maximum absolute atomic E-state index is 12.5. The fraction of sp³-hybridized carbons (Fsp3) is 0.429. The van der Waals surface area contributed by atoms with Crippen LogP contribution in [0, 0.1) is 5.92 Å². The van der Waals surface area contributed by atoms with Gasteiger partial charge in [0.05, 0.1) is 0 Å². The lowest BCUT2D eigenvalue weighted by molar-refractivity contribution is -0.275. The van der Waals surface area contributed by atoms with Crippen LogP contribution in [0.15, 0.2) is 29.2 Å².